The number of hydrogen-bond donors (Lipinski definition) is 2. The van der Waals surface area contributed by atoms with E-state index in [9.17, 15) is 9.59 Å². The largest absolute Gasteiger partial charge is 0.497 e. The fourth-order valence-corrected chi connectivity index (χ4v) is 3.38. The van der Waals surface area contributed by atoms with Crippen molar-refractivity contribution in [1.82, 2.24) is 9.78 Å². The molecule has 0 saturated heterocycles. The molecule has 7 heteroatoms. The van der Waals surface area contributed by atoms with Gasteiger partial charge in [-0.2, -0.15) is 0 Å². The Bertz CT molecular complexity index is 1150. The molecule has 0 spiro atoms. The van der Waals surface area contributed by atoms with Gasteiger partial charge in [0, 0.05) is 17.1 Å². The first-order valence-corrected chi connectivity index (χ1v) is 8.44. The second-order valence-corrected chi connectivity index (χ2v) is 6.63. The van der Waals surface area contributed by atoms with Crippen LogP contribution in [0.3, 0.4) is 0 Å². The summed E-state index contributed by atoms with van der Waals surface area (Å²) in [5.41, 5.74) is 3.17. The molecule has 0 atom stereocenters. The maximum absolute atomic E-state index is 13.0. The second kappa shape index (κ2) is 6.07. The molecule has 1 aliphatic heterocycles. The highest BCUT2D eigenvalue weighted by atomic mass is 35.5. The number of methoxy groups -OCH3 is 1. The fraction of sp³-hybridized carbons (Fsp3) is 0.158. The first-order chi connectivity index (χ1) is 12.5. The summed E-state index contributed by atoms with van der Waals surface area (Å²) >= 11 is 6.02. The molecule has 1 aromatic heterocycles. The van der Waals surface area contributed by atoms with Gasteiger partial charge in [-0.15, -0.1) is 0 Å². The summed E-state index contributed by atoms with van der Waals surface area (Å²) in [7, 11) is 1.58. The molecule has 3 aromatic rings. The third-order valence-electron chi connectivity index (χ3n) is 4.55. The summed E-state index contributed by atoms with van der Waals surface area (Å²) in [4.78, 5) is 25.6. The molecule has 2 N–H and O–H groups in total. The Morgan fingerprint density at radius 1 is 1.15 bits per heavy atom. The number of rotatable bonds is 2. The van der Waals surface area contributed by atoms with Gasteiger partial charge in [0.15, 0.2) is 0 Å². The average Bonchev–Trinajstić information content (AvgIpc) is 2.63. The highest BCUT2D eigenvalue weighted by Gasteiger charge is 2.23. The van der Waals surface area contributed by atoms with Crippen LogP contribution in [0.4, 0.5) is 11.4 Å². The Kier molecular flexibility index (Phi) is 3.85. The summed E-state index contributed by atoms with van der Waals surface area (Å²) < 4.78 is 6.49. The first-order valence-electron chi connectivity index (χ1n) is 8.06. The number of halogens is 1. The molecular formula is C19H16ClN3O3. The molecule has 132 valence electrons. The molecule has 0 unspecified atom stereocenters. The van der Waals surface area contributed by atoms with Crippen LogP contribution in [0.1, 0.15) is 16.7 Å². The van der Waals surface area contributed by atoms with Crippen LogP contribution in [-0.2, 0) is 6.42 Å². The predicted molar refractivity (Wildman–Crippen MR) is 101 cm³/mol. The zero-order valence-corrected chi connectivity index (χ0v) is 15.0. The van der Waals surface area contributed by atoms with E-state index in [-0.39, 0.29) is 16.8 Å². The Hall–Kier alpha value is -2.99. The highest BCUT2D eigenvalue weighted by Crippen LogP contribution is 2.31. The van der Waals surface area contributed by atoms with Crippen LogP contribution in [0.2, 0.25) is 5.02 Å². The third kappa shape index (κ3) is 2.59. The molecule has 1 aliphatic rings. The van der Waals surface area contributed by atoms with Crippen LogP contribution in [-0.4, -0.2) is 16.9 Å². The minimum absolute atomic E-state index is 0.263. The van der Waals surface area contributed by atoms with Crippen molar-refractivity contribution in [3.8, 4) is 11.4 Å². The van der Waals surface area contributed by atoms with Crippen molar-refractivity contribution in [1.29, 1.82) is 0 Å². The van der Waals surface area contributed by atoms with E-state index >= 15 is 0 Å². The molecule has 0 aliphatic carbocycles. The number of anilines is 2. The van der Waals surface area contributed by atoms with E-state index in [4.69, 9.17) is 16.3 Å². The van der Waals surface area contributed by atoms with Crippen LogP contribution >= 0.6 is 11.6 Å². The Labute approximate surface area is 154 Å². The summed E-state index contributed by atoms with van der Waals surface area (Å²) in [6.07, 6.45) is 0.368. The van der Waals surface area contributed by atoms with Gasteiger partial charge >= 0.3 is 0 Å². The normalized spacial score (nSPS) is 12.1. The molecule has 2 aromatic carbocycles. The number of benzene rings is 2. The Morgan fingerprint density at radius 2 is 1.96 bits per heavy atom. The SMILES string of the molecule is COc1ccc(-n2[nH]c(=O)c3c(c2=O)Cc2ccc(Cl)cc2N3)c(C)c1. The van der Waals surface area contributed by atoms with Crippen LogP contribution in [0.25, 0.3) is 5.69 Å². The van der Waals surface area contributed by atoms with Crippen LogP contribution in [0, 0.1) is 6.92 Å². The zero-order valence-electron chi connectivity index (χ0n) is 14.2. The quantitative estimate of drug-likeness (QED) is 0.569. The first kappa shape index (κ1) is 16.5. The molecule has 0 fully saturated rings. The smallest absolute Gasteiger partial charge is 0.287 e. The van der Waals surface area contributed by atoms with E-state index in [0.29, 0.717) is 28.4 Å². The number of nitrogens with one attached hydrogen (secondary N) is 2. The predicted octanol–water partition coefficient (Wildman–Crippen LogP) is 3.14. The molecule has 0 saturated carbocycles. The summed E-state index contributed by atoms with van der Waals surface area (Å²) in [5.74, 6) is 0.687. The third-order valence-corrected chi connectivity index (χ3v) is 4.78. The molecule has 6 nitrogen and oxygen atoms in total. The molecule has 0 amide bonds. The summed E-state index contributed by atoms with van der Waals surface area (Å²) in [6, 6.07) is 10.7. The van der Waals surface area contributed by atoms with Gasteiger partial charge < -0.3 is 10.1 Å². The molecule has 0 radical (unpaired) electrons. The number of aryl methyl sites for hydroxylation is 1. The van der Waals surface area contributed by atoms with Crippen molar-refractivity contribution in [3.63, 3.8) is 0 Å². The number of hydrogen-bond acceptors (Lipinski definition) is 4. The van der Waals surface area contributed by atoms with Crippen molar-refractivity contribution in [2.75, 3.05) is 12.4 Å². The van der Waals surface area contributed by atoms with Gasteiger partial charge in [-0.25, -0.2) is 4.68 Å². The van der Waals surface area contributed by atoms with Gasteiger partial charge in [0.2, 0.25) is 0 Å². The lowest BCUT2D eigenvalue weighted by Crippen LogP contribution is -2.35. The number of H-pyrrole nitrogens is 1. The Balaban J connectivity index is 1.89. The van der Waals surface area contributed by atoms with Gasteiger partial charge in [0.1, 0.15) is 11.4 Å². The minimum atomic E-state index is -0.361. The average molecular weight is 370 g/mol. The lowest BCUT2D eigenvalue weighted by molar-refractivity contribution is 0.414. The van der Waals surface area contributed by atoms with Crippen LogP contribution in [0.15, 0.2) is 46.0 Å². The monoisotopic (exact) mass is 369 g/mol. The van der Waals surface area contributed by atoms with Crippen molar-refractivity contribution in [3.05, 3.63) is 78.8 Å². The van der Waals surface area contributed by atoms with E-state index in [2.05, 4.69) is 10.4 Å². The number of aromatic nitrogens is 2. The fourth-order valence-electron chi connectivity index (χ4n) is 3.20. The molecule has 2 heterocycles. The number of fused-ring (bicyclic) bond motifs is 2. The molecule has 26 heavy (non-hydrogen) atoms. The second-order valence-electron chi connectivity index (χ2n) is 6.19. The lowest BCUT2D eigenvalue weighted by Gasteiger charge is -2.21. The van der Waals surface area contributed by atoms with Crippen molar-refractivity contribution < 1.29 is 4.74 Å². The summed E-state index contributed by atoms with van der Waals surface area (Å²) in [6.45, 7) is 1.86. The maximum atomic E-state index is 13.0. The standard InChI is InChI=1S/C19H16ClN3O3/c1-10-7-13(26-2)5-6-16(10)23-19(25)14-8-11-3-4-12(20)9-15(11)21-17(14)18(24)22-23/h3-7,9,21H,8H2,1-2H3,(H,22,24). The van der Waals surface area contributed by atoms with Crippen LogP contribution < -0.4 is 21.2 Å². The van der Waals surface area contributed by atoms with Gasteiger partial charge in [0.05, 0.1) is 18.4 Å². The van der Waals surface area contributed by atoms with Gasteiger partial charge in [-0.05, 0) is 48.4 Å². The number of ether oxygens (including phenoxy) is 1. The van der Waals surface area contributed by atoms with Crippen molar-refractivity contribution >= 4 is 23.0 Å². The Morgan fingerprint density at radius 3 is 2.69 bits per heavy atom. The lowest BCUT2D eigenvalue weighted by atomic mass is 9.99. The highest BCUT2D eigenvalue weighted by molar-refractivity contribution is 6.30. The van der Waals surface area contributed by atoms with Gasteiger partial charge in [-0.1, -0.05) is 17.7 Å². The van der Waals surface area contributed by atoms with Crippen molar-refractivity contribution in [2.45, 2.75) is 13.3 Å². The van der Waals surface area contributed by atoms with Gasteiger partial charge in [-0.3, -0.25) is 14.7 Å². The van der Waals surface area contributed by atoms with E-state index < -0.39 is 0 Å². The molecular weight excluding hydrogens is 354 g/mol. The van der Waals surface area contributed by atoms with E-state index in [0.717, 1.165) is 16.8 Å². The number of aromatic amines is 1. The maximum Gasteiger partial charge on any atom is 0.287 e. The zero-order chi connectivity index (χ0) is 18.4. The van der Waals surface area contributed by atoms with E-state index in [1.807, 2.05) is 19.1 Å². The van der Waals surface area contributed by atoms with Gasteiger partial charge in [0.25, 0.3) is 11.1 Å². The molecule has 0 bridgehead atoms. The minimum Gasteiger partial charge on any atom is -0.497 e. The van der Waals surface area contributed by atoms with E-state index in [1.165, 1.54) is 4.68 Å². The molecule has 4 rings (SSSR count). The number of nitrogens with zero attached hydrogens (tertiary/aromatic N) is 1. The topological polar surface area (TPSA) is 76.1 Å². The summed E-state index contributed by atoms with van der Waals surface area (Å²) in [5, 5.41) is 6.26. The van der Waals surface area contributed by atoms with Crippen LogP contribution in [0.5, 0.6) is 5.75 Å². The van der Waals surface area contributed by atoms with E-state index in [1.54, 1.807) is 31.4 Å². The van der Waals surface area contributed by atoms with Crippen molar-refractivity contribution in [2.24, 2.45) is 0 Å².